The minimum absolute atomic E-state index is 0.0137. The van der Waals surface area contributed by atoms with Crippen molar-refractivity contribution in [2.75, 3.05) is 16.7 Å². The molecule has 0 fully saturated rings. The van der Waals surface area contributed by atoms with Gasteiger partial charge in [0.25, 0.3) is 10.0 Å². The molecule has 27 heavy (non-hydrogen) atoms. The van der Waals surface area contributed by atoms with Gasteiger partial charge in [-0.3, -0.25) is 9.52 Å². The topological polar surface area (TPSA) is 92.8 Å². The Balaban J connectivity index is 1.90. The number of carbonyl (C=O) groups excluding carboxylic acids is 2. The van der Waals surface area contributed by atoms with Crippen LogP contribution < -0.4 is 9.62 Å². The van der Waals surface area contributed by atoms with Gasteiger partial charge in [0.05, 0.1) is 17.6 Å². The van der Waals surface area contributed by atoms with E-state index >= 15 is 0 Å². The number of fused-ring (bicyclic) bond motifs is 1. The van der Waals surface area contributed by atoms with Gasteiger partial charge >= 0.3 is 5.97 Å². The predicted molar refractivity (Wildman–Crippen MR) is 101 cm³/mol. The van der Waals surface area contributed by atoms with Crippen LogP contribution >= 0.6 is 0 Å². The SMILES string of the molecule is COC(=O)c1cccc(NS(=O)(=O)c2ccc3c(c2)CC(C)N3C(C)=O)c1. The average Bonchev–Trinajstić information content (AvgIpc) is 2.95. The number of carbonyl (C=O) groups is 2. The lowest BCUT2D eigenvalue weighted by Crippen LogP contribution is -2.33. The summed E-state index contributed by atoms with van der Waals surface area (Å²) >= 11 is 0. The molecule has 142 valence electrons. The van der Waals surface area contributed by atoms with Crippen LogP contribution in [0.25, 0.3) is 0 Å². The van der Waals surface area contributed by atoms with E-state index in [0.717, 1.165) is 11.3 Å². The summed E-state index contributed by atoms with van der Waals surface area (Å²) in [6.07, 6.45) is 0.593. The van der Waals surface area contributed by atoms with Gasteiger partial charge in [-0.05, 0) is 55.3 Å². The second-order valence-corrected chi connectivity index (χ2v) is 8.09. The molecular weight excluding hydrogens is 368 g/mol. The molecule has 1 unspecified atom stereocenters. The highest BCUT2D eigenvalue weighted by atomic mass is 32.2. The molecule has 2 aromatic carbocycles. The quantitative estimate of drug-likeness (QED) is 0.813. The fourth-order valence-electron chi connectivity index (χ4n) is 3.30. The smallest absolute Gasteiger partial charge is 0.337 e. The fourth-order valence-corrected chi connectivity index (χ4v) is 4.40. The van der Waals surface area contributed by atoms with Crippen molar-refractivity contribution in [1.29, 1.82) is 0 Å². The molecule has 2 aromatic rings. The summed E-state index contributed by atoms with van der Waals surface area (Å²) in [6.45, 7) is 3.41. The molecule has 0 aliphatic carbocycles. The summed E-state index contributed by atoms with van der Waals surface area (Å²) in [5.41, 5.74) is 2.06. The van der Waals surface area contributed by atoms with E-state index in [0.29, 0.717) is 6.42 Å². The zero-order valence-corrected chi connectivity index (χ0v) is 16.0. The van der Waals surface area contributed by atoms with Crippen LogP contribution in [0.15, 0.2) is 47.4 Å². The zero-order valence-electron chi connectivity index (χ0n) is 15.2. The molecule has 1 N–H and O–H groups in total. The highest BCUT2D eigenvalue weighted by Crippen LogP contribution is 2.34. The van der Waals surface area contributed by atoms with Crippen molar-refractivity contribution in [2.24, 2.45) is 0 Å². The van der Waals surface area contributed by atoms with E-state index in [9.17, 15) is 18.0 Å². The summed E-state index contributed by atoms with van der Waals surface area (Å²) in [4.78, 5) is 25.2. The van der Waals surface area contributed by atoms with Gasteiger partial charge in [-0.2, -0.15) is 0 Å². The minimum Gasteiger partial charge on any atom is -0.465 e. The number of hydrogen-bond acceptors (Lipinski definition) is 5. The number of benzene rings is 2. The fraction of sp³-hybridized carbons (Fsp3) is 0.263. The number of methoxy groups -OCH3 is 1. The number of nitrogens with zero attached hydrogens (tertiary/aromatic N) is 1. The second-order valence-electron chi connectivity index (χ2n) is 6.41. The third-order valence-corrected chi connectivity index (χ3v) is 5.83. The van der Waals surface area contributed by atoms with Gasteiger partial charge in [0, 0.05) is 24.3 Å². The number of rotatable bonds is 4. The van der Waals surface area contributed by atoms with Crippen LogP contribution in [-0.4, -0.2) is 33.4 Å². The van der Waals surface area contributed by atoms with Crippen LogP contribution in [0.5, 0.6) is 0 Å². The first-order valence-corrected chi connectivity index (χ1v) is 9.85. The van der Waals surface area contributed by atoms with Crippen LogP contribution in [0.4, 0.5) is 11.4 Å². The molecule has 0 bridgehead atoms. The summed E-state index contributed by atoms with van der Waals surface area (Å²) in [5.74, 6) is -0.624. The largest absolute Gasteiger partial charge is 0.465 e. The molecule has 1 amide bonds. The second kappa shape index (κ2) is 7.03. The van der Waals surface area contributed by atoms with Gasteiger partial charge in [0.15, 0.2) is 0 Å². The molecule has 1 atom stereocenters. The monoisotopic (exact) mass is 388 g/mol. The lowest BCUT2D eigenvalue weighted by molar-refractivity contribution is -0.116. The van der Waals surface area contributed by atoms with Crippen molar-refractivity contribution in [2.45, 2.75) is 31.2 Å². The number of ether oxygens (including phenoxy) is 1. The standard InChI is InChI=1S/C19H20N2O5S/c1-12-9-15-11-17(7-8-18(15)21(12)13(2)22)27(24,25)20-16-6-4-5-14(10-16)19(23)26-3/h4-8,10-12,20H,9H2,1-3H3. The first-order chi connectivity index (χ1) is 12.7. The van der Waals surface area contributed by atoms with E-state index in [1.165, 1.54) is 32.2 Å². The number of esters is 1. The van der Waals surface area contributed by atoms with E-state index < -0.39 is 16.0 Å². The summed E-state index contributed by atoms with van der Waals surface area (Å²) in [6, 6.07) is 10.8. The molecule has 3 rings (SSSR count). The Kier molecular flexibility index (Phi) is 4.93. The first-order valence-electron chi connectivity index (χ1n) is 8.37. The van der Waals surface area contributed by atoms with Crippen molar-refractivity contribution in [3.8, 4) is 0 Å². The third kappa shape index (κ3) is 3.66. The highest BCUT2D eigenvalue weighted by molar-refractivity contribution is 7.92. The maximum Gasteiger partial charge on any atom is 0.337 e. The van der Waals surface area contributed by atoms with Crippen molar-refractivity contribution in [3.63, 3.8) is 0 Å². The lowest BCUT2D eigenvalue weighted by Gasteiger charge is -2.20. The Bertz CT molecular complexity index is 1020. The Morgan fingerprint density at radius 2 is 1.93 bits per heavy atom. The van der Waals surface area contributed by atoms with Crippen LogP contribution in [0.1, 0.15) is 29.8 Å². The van der Waals surface area contributed by atoms with Gasteiger partial charge in [0.2, 0.25) is 5.91 Å². The van der Waals surface area contributed by atoms with Crippen LogP contribution in [0.3, 0.4) is 0 Å². The number of anilines is 2. The maximum atomic E-state index is 12.7. The van der Waals surface area contributed by atoms with E-state index in [4.69, 9.17) is 0 Å². The van der Waals surface area contributed by atoms with Crippen molar-refractivity contribution >= 4 is 33.3 Å². The van der Waals surface area contributed by atoms with Gasteiger partial charge in [-0.15, -0.1) is 0 Å². The zero-order chi connectivity index (χ0) is 19.8. The molecule has 0 spiro atoms. The Hall–Kier alpha value is -2.87. The Morgan fingerprint density at radius 1 is 1.19 bits per heavy atom. The average molecular weight is 388 g/mol. The molecule has 0 radical (unpaired) electrons. The Labute approximate surface area is 158 Å². The molecule has 0 saturated heterocycles. The molecule has 8 heteroatoms. The molecule has 1 aliphatic heterocycles. The predicted octanol–water partition coefficient (Wildman–Crippen LogP) is 2.57. The highest BCUT2D eigenvalue weighted by Gasteiger charge is 2.30. The first kappa shape index (κ1) is 18.9. The van der Waals surface area contributed by atoms with Crippen LogP contribution in [0, 0.1) is 0 Å². The van der Waals surface area contributed by atoms with Crippen molar-refractivity contribution in [1.82, 2.24) is 0 Å². The minimum atomic E-state index is -3.84. The van der Waals surface area contributed by atoms with E-state index in [1.807, 2.05) is 6.92 Å². The lowest BCUT2D eigenvalue weighted by atomic mass is 10.1. The number of amides is 1. The summed E-state index contributed by atoms with van der Waals surface area (Å²) in [5, 5.41) is 0. The van der Waals surface area contributed by atoms with Gasteiger partial charge in [-0.1, -0.05) is 6.07 Å². The van der Waals surface area contributed by atoms with Gasteiger partial charge < -0.3 is 9.64 Å². The molecule has 0 aromatic heterocycles. The number of hydrogen-bond donors (Lipinski definition) is 1. The molecule has 7 nitrogen and oxygen atoms in total. The third-order valence-electron chi connectivity index (χ3n) is 4.45. The molecular formula is C19H20N2O5S. The van der Waals surface area contributed by atoms with Gasteiger partial charge in [0.1, 0.15) is 0 Å². The molecule has 1 aliphatic rings. The van der Waals surface area contributed by atoms with Crippen LogP contribution in [-0.2, 0) is 26.0 Å². The summed E-state index contributed by atoms with van der Waals surface area (Å²) in [7, 11) is -2.59. The maximum absolute atomic E-state index is 12.7. The van der Waals surface area contributed by atoms with Crippen molar-refractivity contribution < 1.29 is 22.7 Å². The molecule has 1 heterocycles. The van der Waals surface area contributed by atoms with Crippen molar-refractivity contribution in [3.05, 3.63) is 53.6 Å². The molecule has 0 saturated carbocycles. The van der Waals surface area contributed by atoms with E-state index in [1.54, 1.807) is 29.2 Å². The van der Waals surface area contributed by atoms with Crippen LogP contribution in [0.2, 0.25) is 0 Å². The van der Waals surface area contributed by atoms with Gasteiger partial charge in [-0.25, -0.2) is 13.2 Å². The number of nitrogens with one attached hydrogen (secondary N) is 1. The summed E-state index contributed by atoms with van der Waals surface area (Å²) < 4.78 is 32.6. The van der Waals surface area contributed by atoms with E-state index in [2.05, 4.69) is 9.46 Å². The normalized spacial score (nSPS) is 16.0. The number of sulfonamides is 1. The Morgan fingerprint density at radius 3 is 2.59 bits per heavy atom. The van der Waals surface area contributed by atoms with E-state index in [-0.39, 0.29) is 28.1 Å².